The van der Waals surface area contributed by atoms with Crippen LogP contribution < -0.4 is 4.74 Å². The van der Waals surface area contributed by atoms with E-state index in [2.05, 4.69) is 59.1 Å². The van der Waals surface area contributed by atoms with Crippen LogP contribution >= 0.6 is 11.6 Å². The molecule has 204 valence electrons. The quantitative estimate of drug-likeness (QED) is 0.232. The van der Waals surface area contributed by atoms with E-state index in [4.69, 9.17) is 16.3 Å². The largest absolute Gasteiger partial charge is 0.493 e. The Morgan fingerprint density at radius 2 is 1.85 bits per heavy atom. The van der Waals surface area contributed by atoms with Crippen molar-refractivity contribution in [3.63, 3.8) is 0 Å². The van der Waals surface area contributed by atoms with Gasteiger partial charge >= 0.3 is 0 Å². The molecule has 1 aliphatic rings. The number of aryl methyl sites for hydroxylation is 2. The molecule has 0 bridgehead atoms. The zero-order valence-corrected chi connectivity index (χ0v) is 24.0. The monoisotopic (exact) mass is 543 g/mol. The summed E-state index contributed by atoms with van der Waals surface area (Å²) >= 11 is 6.25. The second-order valence-corrected chi connectivity index (χ2v) is 11.6. The first-order chi connectivity index (χ1) is 18.8. The SMILES string of the molecule is Cc1cc(OC[C@]2(CC(=O)N(C)Cc3ccccc3)CCCN(Cc3cn(C)c4ccccc34)C2)ccc1Cl. The summed E-state index contributed by atoms with van der Waals surface area (Å²) < 4.78 is 8.60. The summed E-state index contributed by atoms with van der Waals surface area (Å²) in [6.07, 6.45) is 4.68. The van der Waals surface area contributed by atoms with Gasteiger partial charge in [0.1, 0.15) is 5.75 Å². The van der Waals surface area contributed by atoms with Crippen molar-refractivity contribution in [1.82, 2.24) is 14.4 Å². The Morgan fingerprint density at radius 1 is 1.08 bits per heavy atom. The molecule has 3 aromatic carbocycles. The van der Waals surface area contributed by atoms with Gasteiger partial charge < -0.3 is 14.2 Å². The molecule has 4 aromatic rings. The van der Waals surface area contributed by atoms with Gasteiger partial charge in [-0.05, 0) is 67.3 Å². The molecule has 0 unspecified atom stereocenters. The summed E-state index contributed by atoms with van der Waals surface area (Å²) in [6.45, 7) is 5.77. The van der Waals surface area contributed by atoms with Crippen LogP contribution in [0.25, 0.3) is 10.9 Å². The average molecular weight is 544 g/mol. The van der Waals surface area contributed by atoms with E-state index in [0.717, 1.165) is 54.4 Å². The summed E-state index contributed by atoms with van der Waals surface area (Å²) in [5.74, 6) is 0.953. The second kappa shape index (κ2) is 11.8. The molecule has 6 heteroatoms. The highest BCUT2D eigenvalue weighted by atomic mass is 35.5. The normalized spacial score (nSPS) is 17.8. The Balaban J connectivity index is 1.35. The molecule has 5 rings (SSSR count). The predicted molar refractivity (Wildman–Crippen MR) is 159 cm³/mol. The summed E-state index contributed by atoms with van der Waals surface area (Å²) in [4.78, 5) is 18.0. The summed E-state index contributed by atoms with van der Waals surface area (Å²) in [7, 11) is 4.01. The molecule has 0 spiro atoms. The number of hydrogen-bond acceptors (Lipinski definition) is 3. The first-order valence-electron chi connectivity index (χ1n) is 13.7. The van der Waals surface area contributed by atoms with Crippen LogP contribution in [-0.4, -0.2) is 47.0 Å². The Morgan fingerprint density at radius 3 is 2.64 bits per heavy atom. The fraction of sp³-hybridized carbons (Fsp3) is 0.364. The van der Waals surface area contributed by atoms with Crippen LogP contribution in [0.3, 0.4) is 0 Å². The van der Waals surface area contributed by atoms with Crippen molar-refractivity contribution in [2.75, 3.05) is 26.7 Å². The Labute approximate surface area is 236 Å². The number of para-hydroxylation sites is 1. The number of carbonyl (C=O) groups is 1. The lowest BCUT2D eigenvalue weighted by molar-refractivity contribution is -0.135. The van der Waals surface area contributed by atoms with E-state index < -0.39 is 0 Å². The molecule has 5 nitrogen and oxygen atoms in total. The molecular formula is C33H38ClN3O2. The lowest BCUT2D eigenvalue weighted by Crippen LogP contribution is -2.48. The van der Waals surface area contributed by atoms with Crippen molar-refractivity contribution in [1.29, 1.82) is 0 Å². The zero-order chi connectivity index (χ0) is 27.4. The summed E-state index contributed by atoms with van der Waals surface area (Å²) in [5, 5.41) is 2.02. The number of aromatic nitrogens is 1. The number of carbonyl (C=O) groups excluding carboxylic acids is 1. The standard InChI is InChI=1S/C33H38ClN3O2/c1-25-18-28(14-15-30(25)34)39-24-33(19-32(38)36(3)20-26-10-5-4-6-11-26)16-9-17-37(23-33)22-27-21-35(2)31-13-8-7-12-29(27)31/h4-8,10-15,18,21H,9,16-17,19-20,22-24H2,1-3H3/t33-/m0/s1. The lowest BCUT2D eigenvalue weighted by Gasteiger charge is -2.43. The van der Waals surface area contributed by atoms with Crippen molar-refractivity contribution >= 4 is 28.4 Å². The van der Waals surface area contributed by atoms with E-state index in [9.17, 15) is 4.79 Å². The predicted octanol–water partition coefficient (Wildman–Crippen LogP) is 6.85. The second-order valence-electron chi connectivity index (χ2n) is 11.2. The van der Waals surface area contributed by atoms with E-state index in [1.54, 1.807) is 0 Å². The van der Waals surface area contributed by atoms with Crippen LogP contribution in [0.15, 0.2) is 79.0 Å². The molecule has 1 saturated heterocycles. The van der Waals surface area contributed by atoms with E-state index in [1.165, 1.54) is 16.5 Å². The minimum absolute atomic E-state index is 0.154. The van der Waals surface area contributed by atoms with Crippen LogP contribution in [0, 0.1) is 12.3 Å². The number of amides is 1. The van der Waals surface area contributed by atoms with Gasteiger partial charge in [-0.1, -0.05) is 60.1 Å². The molecular weight excluding hydrogens is 506 g/mol. The Hall–Kier alpha value is -3.28. The fourth-order valence-electron chi connectivity index (χ4n) is 5.90. The maximum absolute atomic E-state index is 13.6. The van der Waals surface area contributed by atoms with Gasteiger partial charge in [0.05, 0.1) is 6.61 Å². The Bertz CT molecular complexity index is 1430. The fourth-order valence-corrected chi connectivity index (χ4v) is 6.01. The molecule has 0 aliphatic carbocycles. The van der Waals surface area contributed by atoms with Gasteiger partial charge in [-0.3, -0.25) is 9.69 Å². The van der Waals surface area contributed by atoms with Crippen LogP contribution in [0.5, 0.6) is 5.75 Å². The first-order valence-corrected chi connectivity index (χ1v) is 14.1. The molecule has 39 heavy (non-hydrogen) atoms. The third kappa shape index (κ3) is 6.48. The summed E-state index contributed by atoms with van der Waals surface area (Å²) in [6, 6.07) is 24.5. The number of fused-ring (bicyclic) bond motifs is 1. The average Bonchev–Trinajstić information content (AvgIpc) is 3.25. The first kappa shape index (κ1) is 27.3. The third-order valence-corrected chi connectivity index (χ3v) is 8.43. The minimum Gasteiger partial charge on any atom is -0.493 e. The van der Waals surface area contributed by atoms with Crippen molar-refractivity contribution in [2.45, 2.75) is 39.3 Å². The highest BCUT2D eigenvalue weighted by molar-refractivity contribution is 6.31. The maximum atomic E-state index is 13.6. The molecule has 0 radical (unpaired) electrons. The van der Waals surface area contributed by atoms with Crippen LogP contribution in [0.1, 0.15) is 36.0 Å². The number of halogens is 1. The van der Waals surface area contributed by atoms with Crippen LogP contribution in [0.4, 0.5) is 0 Å². The molecule has 0 saturated carbocycles. The van der Waals surface area contributed by atoms with Gasteiger partial charge in [0, 0.05) is 67.7 Å². The molecule has 1 amide bonds. The van der Waals surface area contributed by atoms with Crippen molar-refractivity contribution in [2.24, 2.45) is 12.5 Å². The van der Waals surface area contributed by atoms with Gasteiger partial charge in [-0.25, -0.2) is 0 Å². The van der Waals surface area contributed by atoms with Crippen LogP contribution in [-0.2, 0) is 24.9 Å². The highest BCUT2D eigenvalue weighted by Crippen LogP contribution is 2.37. The van der Waals surface area contributed by atoms with Crippen molar-refractivity contribution in [3.8, 4) is 5.75 Å². The molecule has 0 N–H and O–H groups in total. The molecule has 1 atom stereocenters. The van der Waals surface area contributed by atoms with Gasteiger partial charge in [-0.2, -0.15) is 0 Å². The van der Waals surface area contributed by atoms with Crippen molar-refractivity contribution < 1.29 is 9.53 Å². The topological polar surface area (TPSA) is 37.7 Å². The lowest BCUT2D eigenvalue weighted by atomic mass is 9.77. The highest BCUT2D eigenvalue weighted by Gasteiger charge is 2.39. The zero-order valence-electron chi connectivity index (χ0n) is 23.2. The van der Waals surface area contributed by atoms with E-state index in [0.29, 0.717) is 19.6 Å². The van der Waals surface area contributed by atoms with Gasteiger partial charge in [0.25, 0.3) is 0 Å². The number of likely N-dealkylation sites (tertiary alicyclic amines) is 1. The molecule has 1 aliphatic heterocycles. The summed E-state index contributed by atoms with van der Waals surface area (Å²) in [5.41, 5.74) is 4.42. The number of rotatable bonds is 9. The van der Waals surface area contributed by atoms with E-state index >= 15 is 0 Å². The number of hydrogen-bond donors (Lipinski definition) is 0. The number of ether oxygens (including phenoxy) is 1. The van der Waals surface area contributed by atoms with Gasteiger partial charge in [0.2, 0.25) is 5.91 Å². The third-order valence-electron chi connectivity index (χ3n) is 8.00. The van der Waals surface area contributed by atoms with Crippen LogP contribution in [0.2, 0.25) is 5.02 Å². The van der Waals surface area contributed by atoms with Gasteiger partial charge in [-0.15, -0.1) is 0 Å². The smallest absolute Gasteiger partial charge is 0.223 e. The van der Waals surface area contributed by atoms with E-state index in [-0.39, 0.29) is 11.3 Å². The number of benzene rings is 3. The Kier molecular flexibility index (Phi) is 8.29. The van der Waals surface area contributed by atoms with Gasteiger partial charge in [0.15, 0.2) is 0 Å². The molecule has 2 heterocycles. The van der Waals surface area contributed by atoms with Crippen molar-refractivity contribution in [3.05, 3.63) is 101 Å². The molecule has 1 fully saturated rings. The number of nitrogens with zero attached hydrogens (tertiary/aromatic N) is 3. The maximum Gasteiger partial charge on any atom is 0.223 e. The number of piperidine rings is 1. The minimum atomic E-state index is -0.279. The molecule has 1 aromatic heterocycles. The van der Waals surface area contributed by atoms with E-state index in [1.807, 2.05) is 55.3 Å².